The first-order valence-corrected chi connectivity index (χ1v) is 7.59. The van der Waals surface area contributed by atoms with E-state index in [4.69, 9.17) is 27.7 Å². The smallest absolute Gasteiger partial charge is 0.191 e. The highest BCUT2D eigenvalue weighted by Crippen LogP contribution is 2.25. The van der Waals surface area contributed by atoms with Crippen LogP contribution in [0.3, 0.4) is 0 Å². The zero-order chi connectivity index (χ0) is 16.1. The fraction of sp³-hybridized carbons (Fsp3) is 0.333. The molecule has 0 aliphatic rings. The molecule has 0 aliphatic carbocycles. The van der Waals surface area contributed by atoms with Gasteiger partial charge in [0.25, 0.3) is 0 Å². The van der Waals surface area contributed by atoms with E-state index in [0.29, 0.717) is 22.5 Å². The molecule has 0 spiro atoms. The maximum Gasteiger partial charge on any atom is 0.191 e. The molecule has 1 aromatic carbocycles. The molecule has 2 rings (SSSR count). The number of rotatable bonds is 4. The molecule has 0 fully saturated rings. The summed E-state index contributed by atoms with van der Waals surface area (Å²) in [4.78, 5) is 4.19. The Balaban J connectivity index is 1.97. The SMILES string of the molecule is CN=C(NCc1cc(C)no1)NC(C)c1ccc(Cl)cc1Cl. The lowest BCUT2D eigenvalue weighted by molar-refractivity contribution is 0.376. The summed E-state index contributed by atoms with van der Waals surface area (Å²) in [5, 5.41) is 11.5. The first-order valence-electron chi connectivity index (χ1n) is 6.84. The molecule has 118 valence electrons. The fourth-order valence-electron chi connectivity index (χ4n) is 2.00. The van der Waals surface area contributed by atoms with Crippen molar-refractivity contribution in [2.75, 3.05) is 7.05 Å². The molecule has 0 saturated heterocycles. The number of aryl methyl sites for hydroxylation is 1. The molecule has 1 atom stereocenters. The first-order chi connectivity index (χ1) is 10.5. The minimum Gasteiger partial charge on any atom is -0.359 e. The van der Waals surface area contributed by atoms with Crippen LogP contribution < -0.4 is 10.6 Å². The Hall–Kier alpha value is -1.72. The molecule has 0 amide bonds. The van der Waals surface area contributed by atoms with Gasteiger partial charge in [-0.2, -0.15) is 0 Å². The van der Waals surface area contributed by atoms with E-state index in [1.807, 2.05) is 32.0 Å². The van der Waals surface area contributed by atoms with Crippen molar-refractivity contribution in [1.82, 2.24) is 15.8 Å². The van der Waals surface area contributed by atoms with Gasteiger partial charge in [-0.15, -0.1) is 0 Å². The second-order valence-electron chi connectivity index (χ2n) is 4.89. The van der Waals surface area contributed by atoms with Crippen LogP contribution in [0.2, 0.25) is 10.0 Å². The van der Waals surface area contributed by atoms with E-state index in [1.165, 1.54) is 0 Å². The lowest BCUT2D eigenvalue weighted by Crippen LogP contribution is -2.38. The normalized spacial score (nSPS) is 13.0. The second kappa shape index (κ2) is 7.51. The number of aromatic nitrogens is 1. The third-order valence-corrected chi connectivity index (χ3v) is 3.68. The summed E-state index contributed by atoms with van der Waals surface area (Å²) in [7, 11) is 1.71. The van der Waals surface area contributed by atoms with Crippen LogP contribution in [-0.4, -0.2) is 18.2 Å². The largest absolute Gasteiger partial charge is 0.359 e. The predicted octanol–water partition coefficient (Wildman–Crippen LogP) is 3.72. The van der Waals surface area contributed by atoms with Crippen LogP contribution in [-0.2, 0) is 6.54 Å². The quantitative estimate of drug-likeness (QED) is 0.657. The monoisotopic (exact) mass is 340 g/mol. The fourth-order valence-corrected chi connectivity index (χ4v) is 2.57. The van der Waals surface area contributed by atoms with Crippen molar-refractivity contribution in [3.63, 3.8) is 0 Å². The molecular formula is C15H18Cl2N4O. The number of nitrogens with zero attached hydrogens (tertiary/aromatic N) is 2. The van der Waals surface area contributed by atoms with Gasteiger partial charge in [-0.1, -0.05) is 34.4 Å². The Morgan fingerprint density at radius 1 is 1.36 bits per heavy atom. The van der Waals surface area contributed by atoms with E-state index in [-0.39, 0.29) is 6.04 Å². The average Bonchev–Trinajstić information content (AvgIpc) is 2.88. The molecule has 2 N–H and O–H groups in total. The number of halogens is 2. The van der Waals surface area contributed by atoms with E-state index in [1.54, 1.807) is 13.1 Å². The second-order valence-corrected chi connectivity index (χ2v) is 5.74. The van der Waals surface area contributed by atoms with Gasteiger partial charge in [0.15, 0.2) is 11.7 Å². The van der Waals surface area contributed by atoms with Gasteiger partial charge >= 0.3 is 0 Å². The number of guanidine groups is 1. The Bertz CT molecular complexity index is 669. The third kappa shape index (κ3) is 4.39. The highest BCUT2D eigenvalue weighted by atomic mass is 35.5. The minimum absolute atomic E-state index is 0.0209. The van der Waals surface area contributed by atoms with Crippen LogP contribution in [0.4, 0.5) is 0 Å². The van der Waals surface area contributed by atoms with Gasteiger partial charge in [0, 0.05) is 23.2 Å². The summed E-state index contributed by atoms with van der Waals surface area (Å²) >= 11 is 12.1. The lowest BCUT2D eigenvalue weighted by Gasteiger charge is -2.19. The third-order valence-electron chi connectivity index (χ3n) is 3.11. The highest BCUT2D eigenvalue weighted by molar-refractivity contribution is 6.35. The van der Waals surface area contributed by atoms with Gasteiger partial charge in [-0.05, 0) is 31.5 Å². The first kappa shape index (κ1) is 16.6. The zero-order valence-corrected chi connectivity index (χ0v) is 14.2. The van der Waals surface area contributed by atoms with Gasteiger partial charge < -0.3 is 15.2 Å². The molecule has 22 heavy (non-hydrogen) atoms. The van der Waals surface area contributed by atoms with E-state index in [2.05, 4.69) is 20.8 Å². The summed E-state index contributed by atoms with van der Waals surface area (Å²) in [6, 6.07) is 7.29. The summed E-state index contributed by atoms with van der Waals surface area (Å²) in [6.07, 6.45) is 0. The Labute approximate surface area is 139 Å². The summed E-state index contributed by atoms with van der Waals surface area (Å²) in [5.74, 6) is 1.39. The molecule has 1 heterocycles. The van der Waals surface area contributed by atoms with Gasteiger partial charge in [0.2, 0.25) is 0 Å². The van der Waals surface area contributed by atoms with Crippen molar-refractivity contribution in [3.05, 3.63) is 51.3 Å². The Kier molecular flexibility index (Phi) is 5.69. The lowest BCUT2D eigenvalue weighted by atomic mass is 10.1. The van der Waals surface area contributed by atoms with Crippen molar-refractivity contribution in [2.24, 2.45) is 4.99 Å². The molecule has 0 bridgehead atoms. The summed E-state index contributed by atoms with van der Waals surface area (Å²) in [5.41, 5.74) is 1.80. The van der Waals surface area contributed by atoms with Crippen molar-refractivity contribution >= 4 is 29.2 Å². The van der Waals surface area contributed by atoms with E-state index < -0.39 is 0 Å². The molecule has 7 heteroatoms. The van der Waals surface area contributed by atoms with E-state index in [0.717, 1.165) is 17.0 Å². The standard InChI is InChI=1S/C15H18Cl2N4O/c1-9-6-12(22-21-9)8-19-15(18-3)20-10(2)13-5-4-11(16)7-14(13)17/h4-7,10H,8H2,1-3H3,(H2,18,19,20). The number of hydrogen-bond donors (Lipinski definition) is 2. The van der Waals surface area contributed by atoms with Crippen molar-refractivity contribution in [3.8, 4) is 0 Å². The van der Waals surface area contributed by atoms with Crippen molar-refractivity contribution in [2.45, 2.75) is 26.4 Å². The summed E-state index contributed by atoms with van der Waals surface area (Å²) in [6.45, 7) is 4.38. The van der Waals surface area contributed by atoms with E-state index in [9.17, 15) is 0 Å². The molecule has 0 aliphatic heterocycles. The van der Waals surface area contributed by atoms with Crippen LogP contribution in [0, 0.1) is 6.92 Å². The van der Waals surface area contributed by atoms with Crippen LogP contribution in [0.5, 0.6) is 0 Å². The van der Waals surface area contributed by atoms with Gasteiger partial charge in [0.05, 0.1) is 18.3 Å². The van der Waals surface area contributed by atoms with Crippen LogP contribution in [0.1, 0.15) is 30.0 Å². The van der Waals surface area contributed by atoms with Crippen LogP contribution in [0.25, 0.3) is 0 Å². The molecule has 0 saturated carbocycles. The number of hydrogen-bond acceptors (Lipinski definition) is 3. The average molecular weight is 341 g/mol. The van der Waals surface area contributed by atoms with E-state index >= 15 is 0 Å². The van der Waals surface area contributed by atoms with Crippen LogP contribution in [0.15, 0.2) is 33.8 Å². The maximum absolute atomic E-state index is 6.22. The highest BCUT2D eigenvalue weighted by Gasteiger charge is 2.12. The molecular weight excluding hydrogens is 323 g/mol. The number of aliphatic imine (C=N–C) groups is 1. The van der Waals surface area contributed by atoms with Crippen molar-refractivity contribution < 1.29 is 4.52 Å². The number of nitrogens with one attached hydrogen (secondary N) is 2. The maximum atomic E-state index is 6.22. The minimum atomic E-state index is -0.0209. The van der Waals surface area contributed by atoms with Gasteiger partial charge in [0.1, 0.15) is 0 Å². The molecule has 5 nitrogen and oxygen atoms in total. The molecule has 0 radical (unpaired) electrons. The number of benzene rings is 1. The predicted molar refractivity (Wildman–Crippen MR) is 89.5 cm³/mol. The Morgan fingerprint density at radius 3 is 2.73 bits per heavy atom. The van der Waals surface area contributed by atoms with Gasteiger partial charge in [-0.25, -0.2) is 0 Å². The van der Waals surface area contributed by atoms with Gasteiger partial charge in [-0.3, -0.25) is 4.99 Å². The molecule has 1 aromatic heterocycles. The molecule has 1 unspecified atom stereocenters. The van der Waals surface area contributed by atoms with Crippen LogP contribution >= 0.6 is 23.2 Å². The topological polar surface area (TPSA) is 62.5 Å². The zero-order valence-electron chi connectivity index (χ0n) is 12.7. The summed E-state index contributed by atoms with van der Waals surface area (Å²) < 4.78 is 5.15. The Morgan fingerprint density at radius 2 is 2.14 bits per heavy atom. The van der Waals surface area contributed by atoms with Crippen molar-refractivity contribution in [1.29, 1.82) is 0 Å². The molecule has 2 aromatic rings.